The Bertz CT molecular complexity index is 1100. The van der Waals surface area contributed by atoms with E-state index in [1.54, 1.807) is 23.1 Å². The number of nitrogens with zero attached hydrogens (tertiary/aromatic N) is 2. The van der Waals surface area contributed by atoms with Crippen molar-refractivity contribution in [3.63, 3.8) is 0 Å². The first-order valence-electron chi connectivity index (χ1n) is 13.7. The van der Waals surface area contributed by atoms with Gasteiger partial charge in [0.2, 0.25) is 17.7 Å². The minimum absolute atomic E-state index is 0.0979. The molecule has 10 heteroatoms. The molecule has 2 N–H and O–H groups in total. The number of hydrogen-bond acceptors (Lipinski definition) is 5. The van der Waals surface area contributed by atoms with Gasteiger partial charge in [-0.15, -0.1) is 0 Å². The molecule has 1 aromatic carbocycles. The van der Waals surface area contributed by atoms with E-state index in [1.807, 2.05) is 12.2 Å². The van der Waals surface area contributed by atoms with Gasteiger partial charge >= 0.3 is 0 Å². The number of rotatable bonds is 9. The Labute approximate surface area is 234 Å². The van der Waals surface area contributed by atoms with Crippen LogP contribution < -0.4 is 10.6 Å². The Kier molecular flexibility index (Phi) is 8.06. The Hall–Kier alpha value is -2.13. The van der Waals surface area contributed by atoms with E-state index in [-0.39, 0.29) is 23.8 Å². The molecule has 3 aliphatic heterocycles. The average molecular weight is 564 g/mol. The van der Waals surface area contributed by atoms with Crippen LogP contribution in [-0.2, 0) is 19.1 Å². The van der Waals surface area contributed by atoms with Crippen molar-refractivity contribution in [1.82, 2.24) is 15.1 Å². The maximum Gasteiger partial charge on any atom is 0.246 e. The summed E-state index contributed by atoms with van der Waals surface area (Å²) in [6.45, 7) is 6.87. The summed E-state index contributed by atoms with van der Waals surface area (Å²) in [4.78, 5) is 45.3. The van der Waals surface area contributed by atoms with Crippen molar-refractivity contribution < 1.29 is 19.1 Å². The molecule has 3 amide bonds. The summed E-state index contributed by atoms with van der Waals surface area (Å²) in [5.41, 5.74) is -0.721. The highest BCUT2D eigenvalue weighted by Crippen LogP contribution is 2.55. The molecule has 3 fully saturated rings. The standard InChI is InChI=1S/C28H36Cl2N4O4/c1-3-33(4-2)12-13-34-24(26(36)31-19-8-6-5-7-9-19)28-11-10-21(38-28)22(23(28)27(34)37)25(35)32-20-15-17(29)14-18(30)16-20/h10-11,14-16,19,21-24H,3-9,12-13H2,1-2H3,(H,31,36)(H,32,35)/t21-,22-,23+,24?,28+/m0/s1. The van der Waals surface area contributed by atoms with Crippen molar-refractivity contribution in [3.05, 3.63) is 40.4 Å². The minimum atomic E-state index is -1.17. The van der Waals surface area contributed by atoms with E-state index in [9.17, 15) is 14.4 Å². The number of benzene rings is 1. The van der Waals surface area contributed by atoms with Crippen LogP contribution in [0.3, 0.4) is 0 Å². The van der Waals surface area contributed by atoms with Crippen LogP contribution in [0.25, 0.3) is 0 Å². The lowest BCUT2D eigenvalue weighted by Gasteiger charge is -2.34. The second-order valence-electron chi connectivity index (χ2n) is 10.8. The van der Waals surface area contributed by atoms with Gasteiger partial charge in [0.1, 0.15) is 11.6 Å². The van der Waals surface area contributed by atoms with Crippen molar-refractivity contribution in [2.24, 2.45) is 11.8 Å². The fourth-order valence-electron chi connectivity index (χ4n) is 6.68. The molecule has 4 aliphatic rings. The van der Waals surface area contributed by atoms with E-state index in [0.29, 0.717) is 28.8 Å². The Balaban J connectivity index is 1.43. The van der Waals surface area contributed by atoms with Crippen LogP contribution in [0.15, 0.2) is 30.4 Å². The van der Waals surface area contributed by atoms with Gasteiger partial charge in [0.25, 0.3) is 0 Å². The monoisotopic (exact) mass is 562 g/mol. The van der Waals surface area contributed by atoms with Crippen LogP contribution in [0.2, 0.25) is 10.0 Å². The quantitative estimate of drug-likeness (QED) is 0.446. The normalized spacial score (nSPS) is 30.2. The smallest absolute Gasteiger partial charge is 0.246 e. The van der Waals surface area contributed by atoms with E-state index in [1.165, 1.54) is 6.42 Å². The third-order valence-electron chi connectivity index (χ3n) is 8.56. The maximum absolute atomic E-state index is 14.0. The molecule has 206 valence electrons. The molecule has 1 aromatic rings. The summed E-state index contributed by atoms with van der Waals surface area (Å²) < 4.78 is 6.42. The SMILES string of the molecule is CCN(CC)CCN1C(=O)[C@H]2[C@@H](C(=O)Nc3cc(Cl)cc(Cl)c3)[C@@H]3C=C[C@]2(O3)C1C(=O)NC1CCCCC1. The second kappa shape index (κ2) is 11.2. The number of nitrogens with one attached hydrogen (secondary N) is 2. The highest BCUT2D eigenvalue weighted by molar-refractivity contribution is 6.35. The fraction of sp³-hybridized carbons (Fsp3) is 0.607. The van der Waals surface area contributed by atoms with Gasteiger partial charge in [-0.3, -0.25) is 14.4 Å². The molecule has 2 saturated heterocycles. The van der Waals surface area contributed by atoms with Crippen molar-refractivity contribution in [1.29, 1.82) is 0 Å². The molecule has 38 heavy (non-hydrogen) atoms. The molecule has 1 aliphatic carbocycles. The predicted molar refractivity (Wildman–Crippen MR) is 147 cm³/mol. The van der Waals surface area contributed by atoms with Crippen LogP contribution in [0.5, 0.6) is 0 Å². The number of carbonyl (C=O) groups excluding carboxylic acids is 3. The van der Waals surface area contributed by atoms with E-state index in [2.05, 4.69) is 29.4 Å². The average Bonchev–Trinajstić information content (AvgIpc) is 3.52. The summed E-state index contributed by atoms with van der Waals surface area (Å²) in [7, 11) is 0. The Morgan fingerprint density at radius 2 is 1.76 bits per heavy atom. The summed E-state index contributed by atoms with van der Waals surface area (Å²) in [5, 5.41) is 6.89. The number of hydrogen-bond donors (Lipinski definition) is 2. The molecule has 2 bridgehead atoms. The van der Waals surface area contributed by atoms with Crippen LogP contribution >= 0.6 is 23.2 Å². The molecular weight excluding hydrogens is 527 g/mol. The van der Waals surface area contributed by atoms with Crippen LogP contribution in [0, 0.1) is 11.8 Å². The van der Waals surface area contributed by atoms with Gasteiger partial charge in [-0.1, -0.05) is 68.5 Å². The number of likely N-dealkylation sites (N-methyl/N-ethyl adjacent to an activating group) is 1. The van der Waals surface area contributed by atoms with Gasteiger partial charge in [0.05, 0.1) is 17.9 Å². The first-order chi connectivity index (χ1) is 18.3. The summed E-state index contributed by atoms with van der Waals surface area (Å²) in [6, 6.07) is 4.08. The third-order valence-corrected chi connectivity index (χ3v) is 8.99. The molecule has 1 unspecified atom stereocenters. The number of amides is 3. The lowest BCUT2D eigenvalue weighted by Crippen LogP contribution is -2.57. The van der Waals surface area contributed by atoms with Crippen molar-refractivity contribution >= 4 is 46.6 Å². The molecule has 0 radical (unpaired) electrons. The molecule has 5 atom stereocenters. The Morgan fingerprint density at radius 1 is 1.08 bits per heavy atom. The summed E-state index contributed by atoms with van der Waals surface area (Å²) in [6.07, 6.45) is 8.32. The molecular formula is C28H36Cl2N4O4. The zero-order chi connectivity index (χ0) is 27.0. The van der Waals surface area contributed by atoms with Gasteiger partial charge in [0, 0.05) is 34.9 Å². The van der Waals surface area contributed by atoms with Crippen molar-refractivity contribution in [2.45, 2.75) is 69.7 Å². The fourth-order valence-corrected chi connectivity index (χ4v) is 7.20. The number of ether oxygens (including phenoxy) is 1. The molecule has 0 aromatic heterocycles. The highest BCUT2D eigenvalue weighted by atomic mass is 35.5. The van der Waals surface area contributed by atoms with Gasteiger partial charge in [0.15, 0.2) is 0 Å². The van der Waals surface area contributed by atoms with Crippen LogP contribution in [-0.4, -0.2) is 77.5 Å². The maximum atomic E-state index is 14.0. The van der Waals surface area contributed by atoms with E-state index in [0.717, 1.165) is 38.8 Å². The van der Waals surface area contributed by atoms with E-state index >= 15 is 0 Å². The highest BCUT2D eigenvalue weighted by Gasteiger charge is 2.72. The number of carbonyl (C=O) groups is 3. The predicted octanol–water partition coefficient (Wildman–Crippen LogP) is 3.87. The number of halogens is 2. The zero-order valence-electron chi connectivity index (χ0n) is 21.9. The largest absolute Gasteiger partial charge is 0.359 e. The molecule has 1 spiro atoms. The van der Waals surface area contributed by atoms with Crippen molar-refractivity contribution in [2.75, 3.05) is 31.5 Å². The topological polar surface area (TPSA) is 91.0 Å². The third kappa shape index (κ3) is 4.96. The second-order valence-corrected chi connectivity index (χ2v) is 11.6. The summed E-state index contributed by atoms with van der Waals surface area (Å²) >= 11 is 12.2. The van der Waals surface area contributed by atoms with E-state index in [4.69, 9.17) is 27.9 Å². The summed E-state index contributed by atoms with van der Waals surface area (Å²) in [5.74, 6) is -2.31. The first kappa shape index (κ1) is 27.4. The molecule has 1 saturated carbocycles. The molecule has 8 nitrogen and oxygen atoms in total. The van der Waals surface area contributed by atoms with Gasteiger partial charge in [-0.25, -0.2) is 0 Å². The number of anilines is 1. The van der Waals surface area contributed by atoms with Gasteiger partial charge in [-0.2, -0.15) is 0 Å². The lowest BCUT2D eigenvalue weighted by atomic mass is 9.74. The van der Waals surface area contributed by atoms with Crippen LogP contribution in [0.4, 0.5) is 5.69 Å². The van der Waals surface area contributed by atoms with Crippen LogP contribution in [0.1, 0.15) is 46.0 Å². The molecule has 3 heterocycles. The Morgan fingerprint density at radius 3 is 2.42 bits per heavy atom. The number of fused-ring (bicyclic) bond motifs is 1. The lowest BCUT2D eigenvalue weighted by molar-refractivity contribution is -0.141. The minimum Gasteiger partial charge on any atom is -0.359 e. The molecule has 5 rings (SSSR count). The van der Waals surface area contributed by atoms with Crippen molar-refractivity contribution in [3.8, 4) is 0 Å². The van der Waals surface area contributed by atoms with E-state index < -0.39 is 29.6 Å². The van der Waals surface area contributed by atoms with Gasteiger partial charge < -0.3 is 25.2 Å². The number of likely N-dealkylation sites (tertiary alicyclic amines) is 1. The van der Waals surface area contributed by atoms with Gasteiger partial charge in [-0.05, 0) is 44.1 Å². The first-order valence-corrected chi connectivity index (χ1v) is 14.5. The zero-order valence-corrected chi connectivity index (χ0v) is 23.4.